The first-order valence-corrected chi connectivity index (χ1v) is 8.16. The van der Waals surface area contributed by atoms with Crippen LogP contribution < -0.4 is 10.1 Å². The molecule has 24 heavy (non-hydrogen) atoms. The van der Waals surface area contributed by atoms with Crippen LogP contribution in [0.25, 0.3) is 0 Å². The van der Waals surface area contributed by atoms with Crippen molar-refractivity contribution in [3.63, 3.8) is 0 Å². The summed E-state index contributed by atoms with van der Waals surface area (Å²) >= 11 is 0. The summed E-state index contributed by atoms with van der Waals surface area (Å²) in [6.45, 7) is 5.13. The highest BCUT2D eigenvalue weighted by atomic mass is 16.5. The molecule has 0 radical (unpaired) electrons. The lowest BCUT2D eigenvalue weighted by Crippen LogP contribution is -2.34. The number of ether oxygens (including phenoxy) is 1. The standard InChI is InChI=1S/C20H25NO3/c1-20(2,11-12-22)15-21-19(23)17-9-6-10-18(13-17)24-14-16-7-4-3-5-8-16/h3-10,13,22H,11-12,14-15H2,1-2H3,(H,21,23). The molecule has 0 atom stereocenters. The maximum absolute atomic E-state index is 12.3. The van der Waals surface area contributed by atoms with E-state index in [1.54, 1.807) is 12.1 Å². The minimum Gasteiger partial charge on any atom is -0.489 e. The topological polar surface area (TPSA) is 58.6 Å². The number of nitrogens with one attached hydrogen (secondary N) is 1. The zero-order valence-electron chi connectivity index (χ0n) is 14.3. The van der Waals surface area contributed by atoms with Crippen LogP contribution in [0, 0.1) is 5.41 Å². The van der Waals surface area contributed by atoms with Crippen molar-refractivity contribution in [1.82, 2.24) is 5.32 Å². The van der Waals surface area contributed by atoms with Crippen molar-refractivity contribution >= 4 is 5.91 Å². The van der Waals surface area contributed by atoms with E-state index in [-0.39, 0.29) is 17.9 Å². The lowest BCUT2D eigenvalue weighted by molar-refractivity contribution is 0.0927. The molecule has 0 saturated carbocycles. The molecule has 2 aromatic rings. The predicted octanol–water partition coefficient (Wildman–Crippen LogP) is 3.40. The number of carbonyl (C=O) groups is 1. The molecule has 0 heterocycles. The van der Waals surface area contributed by atoms with Gasteiger partial charge in [-0.2, -0.15) is 0 Å². The summed E-state index contributed by atoms with van der Waals surface area (Å²) in [5, 5.41) is 12.0. The SMILES string of the molecule is CC(C)(CCO)CNC(=O)c1cccc(OCc2ccccc2)c1. The average Bonchev–Trinajstić information content (AvgIpc) is 2.59. The van der Waals surface area contributed by atoms with Gasteiger partial charge < -0.3 is 15.2 Å². The number of rotatable bonds is 8. The minimum atomic E-state index is -0.133. The first kappa shape index (κ1) is 18.0. The molecule has 0 aliphatic carbocycles. The summed E-state index contributed by atoms with van der Waals surface area (Å²) in [5.41, 5.74) is 1.52. The highest BCUT2D eigenvalue weighted by Gasteiger charge is 2.18. The lowest BCUT2D eigenvalue weighted by atomic mass is 9.89. The van der Waals surface area contributed by atoms with Gasteiger partial charge >= 0.3 is 0 Å². The normalized spacial score (nSPS) is 11.1. The van der Waals surface area contributed by atoms with Crippen LogP contribution in [0.15, 0.2) is 54.6 Å². The van der Waals surface area contributed by atoms with Crippen LogP contribution in [0.1, 0.15) is 36.2 Å². The largest absolute Gasteiger partial charge is 0.489 e. The van der Waals surface area contributed by atoms with E-state index < -0.39 is 0 Å². The van der Waals surface area contributed by atoms with Gasteiger partial charge in [-0.1, -0.05) is 50.2 Å². The van der Waals surface area contributed by atoms with Crippen molar-refractivity contribution in [2.45, 2.75) is 26.9 Å². The van der Waals surface area contributed by atoms with E-state index in [9.17, 15) is 4.79 Å². The third-order valence-corrected chi connectivity index (χ3v) is 3.86. The van der Waals surface area contributed by atoms with Gasteiger partial charge in [-0.3, -0.25) is 4.79 Å². The van der Waals surface area contributed by atoms with E-state index in [1.165, 1.54) is 0 Å². The highest BCUT2D eigenvalue weighted by Crippen LogP contribution is 2.19. The summed E-state index contributed by atoms with van der Waals surface area (Å²) in [5.74, 6) is 0.535. The monoisotopic (exact) mass is 327 g/mol. The fraction of sp³-hybridized carbons (Fsp3) is 0.350. The molecule has 2 rings (SSSR count). The number of carbonyl (C=O) groups excluding carboxylic acids is 1. The summed E-state index contributed by atoms with van der Waals surface area (Å²) in [6.07, 6.45) is 0.646. The van der Waals surface area contributed by atoms with Crippen molar-refractivity contribution in [3.05, 3.63) is 65.7 Å². The van der Waals surface area contributed by atoms with Crippen LogP contribution in [-0.4, -0.2) is 24.2 Å². The molecule has 4 heteroatoms. The lowest BCUT2D eigenvalue weighted by Gasteiger charge is -2.23. The maximum atomic E-state index is 12.3. The minimum absolute atomic E-state index is 0.117. The van der Waals surface area contributed by atoms with Gasteiger partial charge in [0.15, 0.2) is 0 Å². The average molecular weight is 327 g/mol. The van der Waals surface area contributed by atoms with Gasteiger partial charge in [0.05, 0.1) is 0 Å². The molecule has 0 aliphatic heterocycles. The second kappa shape index (κ2) is 8.50. The fourth-order valence-corrected chi connectivity index (χ4v) is 2.28. The van der Waals surface area contributed by atoms with Gasteiger partial charge in [0.25, 0.3) is 5.91 Å². The van der Waals surface area contributed by atoms with Crippen LogP contribution in [0.3, 0.4) is 0 Å². The van der Waals surface area contributed by atoms with E-state index in [2.05, 4.69) is 5.32 Å². The summed E-state index contributed by atoms with van der Waals surface area (Å²) in [7, 11) is 0. The smallest absolute Gasteiger partial charge is 0.251 e. The van der Waals surface area contributed by atoms with Crippen LogP contribution in [0.4, 0.5) is 0 Å². The highest BCUT2D eigenvalue weighted by molar-refractivity contribution is 5.94. The summed E-state index contributed by atoms with van der Waals surface area (Å²) in [6, 6.07) is 17.1. The molecular weight excluding hydrogens is 302 g/mol. The predicted molar refractivity (Wildman–Crippen MR) is 95.0 cm³/mol. The van der Waals surface area contributed by atoms with E-state index in [1.807, 2.05) is 56.3 Å². The maximum Gasteiger partial charge on any atom is 0.251 e. The first-order chi connectivity index (χ1) is 11.5. The van der Waals surface area contributed by atoms with Gasteiger partial charge in [0.2, 0.25) is 0 Å². The van der Waals surface area contributed by atoms with Crippen molar-refractivity contribution in [2.75, 3.05) is 13.2 Å². The quantitative estimate of drug-likeness (QED) is 0.781. The number of benzene rings is 2. The molecule has 2 aromatic carbocycles. The molecule has 1 amide bonds. The van der Waals surface area contributed by atoms with Crippen LogP contribution >= 0.6 is 0 Å². The second-order valence-corrected chi connectivity index (χ2v) is 6.62. The van der Waals surface area contributed by atoms with Crippen molar-refractivity contribution in [3.8, 4) is 5.75 Å². The Morgan fingerprint density at radius 3 is 2.58 bits per heavy atom. The molecule has 0 bridgehead atoms. The fourth-order valence-electron chi connectivity index (χ4n) is 2.28. The molecule has 128 valence electrons. The molecule has 0 saturated heterocycles. The molecule has 0 aliphatic rings. The Labute approximate surface area is 143 Å². The van der Waals surface area contributed by atoms with Crippen LogP contribution in [0.2, 0.25) is 0 Å². The van der Waals surface area contributed by atoms with Crippen LogP contribution in [0.5, 0.6) is 5.75 Å². The van der Waals surface area contributed by atoms with Crippen molar-refractivity contribution < 1.29 is 14.6 Å². The number of hydrogen-bond acceptors (Lipinski definition) is 3. The van der Waals surface area contributed by atoms with E-state index >= 15 is 0 Å². The van der Waals surface area contributed by atoms with E-state index in [0.29, 0.717) is 30.9 Å². The molecule has 0 aromatic heterocycles. The Morgan fingerprint density at radius 1 is 1.12 bits per heavy atom. The third-order valence-electron chi connectivity index (χ3n) is 3.86. The van der Waals surface area contributed by atoms with Crippen molar-refractivity contribution in [1.29, 1.82) is 0 Å². The summed E-state index contributed by atoms with van der Waals surface area (Å²) in [4.78, 5) is 12.3. The number of amides is 1. The van der Waals surface area contributed by atoms with Crippen LogP contribution in [-0.2, 0) is 6.61 Å². The molecule has 0 unspecified atom stereocenters. The Hall–Kier alpha value is -2.33. The molecule has 0 spiro atoms. The summed E-state index contributed by atoms with van der Waals surface area (Å²) < 4.78 is 5.75. The second-order valence-electron chi connectivity index (χ2n) is 6.62. The Balaban J connectivity index is 1.93. The zero-order chi connectivity index (χ0) is 17.4. The van der Waals surface area contributed by atoms with Gasteiger partial charge in [0.1, 0.15) is 12.4 Å². The van der Waals surface area contributed by atoms with Crippen molar-refractivity contribution in [2.24, 2.45) is 5.41 Å². The number of aliphatic hydroxyl groups is 1. The van der Waals surface area contributed by atoms with E-state index in [4.69, 9.17) is 9.84 Å². The van der Waals surface area contributed by atoms with Gasteiger partial charge in [-0.15, -0.1) is 0 Å². The number of hydrogen-bond donors (Lipinski definition) is 2. The van der Waals surface area contributed by atoms with Gasteiger partial charge in [0, 0.05) is 18.7 Å². The van der Waals surface area contributed by atoms with E-state index in [0.717, 1.165) is 5.56 Å². The Morgan fingerprint density at radius 2 is 1.88 bits per heavy atom. The molecule has 4 nitrogen and oxygen atoms in total. The molecule has 2 N–H and O–H groups in total. The first-order valence-electron chi connectivity index (χ1n) is 8.16. The van der Waals surface area contributed by atoms with Gasteiger partial charge in [-0.05, 0) is 35.6 Å². The Kier molecular flexibility index (Phi) is 6.38. The number of aliphatic hydroxyl groups excluding tert-OH is 1. The Bertz CT molecular complexity index is 653. The molecule has 0 fully saturated rings. The molecular formula is C20H25NO3. The third kappa shape index (κ3) is 5.70. The van der Waals surface area contributed by atoms with Gasteiger partial charge in [-0.25, -0.2) is 0 Å². The zero-order valence-corrected chi connectivity index (χ0v) is 14.3.